The molecular weight excluding hydrogens is 418 g/mol. The first kappa shape index (κ1) is 20.7. The molecule has 0 fully saturated rings. The molecule has 0 saturated heterocycles. The van der Waals surface area contributed by atoms with E-state index in [2.05, 4.69) is 15.3 Å². The van der Waals surface area contributed by atoms with Crippen molar-refractivity contribution in [2.24, 2.45) is 0 Å². The lowest BCUT2D eigenvalue weighted by Gasteiger charge is -2.25. The number of ether oxygens (including phenoxy) is 1. The van der Waals surface area contributed by atoms with Crippen molar-refractivity contribution in [2.75, 3.05) is 12.4 Å². The maximum Gasteiger partial charge on any atom is 0.252 e. The second-order valence-electron chi connectivity index (χ2n) is 8.08. The molecule has 2 aromatic heterocycles. The number of methoxy groups -OCH3 is 1. The first-order valence-electron chi connectivity index (χ1n) is 10.6. The molecule has 166 valence electrons. The van der Waals surface area contributed by atoms with Gasteiger partial charge in [0.2, 0.25) is 5.91 Å². The molecule has 2 aromatic carbocycles. The van der Waals surface area contributed by atoms with Crippen molar-refractivity contribution in [3.63, 3.8) is 0 Å². The predicted octanol–water partition coefficient (Wildman–Crippen LogP) is 4.13. The van der Waals surface area contributed by atoms with Crippen LogP contribution in [0.25, 0.3) is 17.2 Å². The van der Waals surface area contributed by atoms with Crippen LogP contribution in [0.5, 0.6) is 11.5 Å². The molecule has 1 unspecified atom stereocenters. The number of anilines is 1. The summed E-state index contributed by atoms with van der Waals surface area (Å²) in [6, 6.07) is 16.9. The highest BCUT2D eigenvalue weighted by Gasteiger charge is 2.35. The number of aromatic hydroxyl groups is 1. The third kappa shape index (κ3) is 3.69. The number of nitrogens with one attached hydrogen (secondary N) is 1. The Morgan fingerprint density at radius 3 is 2.48 bits per heavy atom. The lowest BCUT2D eigenvalue weighted by Crippen LogP contribution is -2.25. The summed E-state index contributed by atoms with van der Waals surface area (Å²) in [6.07, 6.45) is 0.236. The van der Waals surface area contributed by atoms with E-state index < -0.39 is 0 Å². The lowest BCUT2D eigenvalue weighted by atomic mass is 9.84. The number of amides is 1. The van der Waals surface area contributed by atoms with Crippen molar-refractivity contribution in [3.8, 4) is 28.7 Å². The summed E-state index contributed by atoms with van der Waals surface area (Å²) in [5.74, 6) is 0.917. The Morgan fingerprint density at radius 2 is 1.79 bits per heavy atom. The third-order valence-corrected chi connectivity index (χ3v) is 5.73. The van der Waals surface area contributed by atoms with Gasteiger partial charge >= 0.3 is 0 Å². The zero-order chi connectivity index (χ0) is 23.1. The van der Waals surface area contributed by atoms with Gasteiger partial charge in [-0.25, -0.2) is 9.97 Å². The normalized spacial score (nSPS) is 15.1. The van der Waals surface area contributed by atoms with Crippen molar-refractivity contribution in [3.05, 3.63) is 77.1 Å². The number of nitrogens with zero attached hydrogens (tertiary/aromatic N) is 4. The van der Waals surface area contributed by atoms with Crippen molar-refractivity contribution >= 4 is 11.7 Å². The van der Waals surface area contributed by atoms with E-state index in [0.29, 0.717) is 17.5 Å². The number of carbonyl (C=O) groups excluding carboxylic acids is 1. The molecule has 8 nitrogen and oxygen atoms in total. The Bertz CT molecular complexity index is 1340. The minimum Gasteiger partial charge on any atom is -0.504 e. The van der Waals surface area contributed by atoms with E-state index >= 15 is 0 Å². The van der Waals surface area contributed by atoms with E-state index in [9.17, 15) is 9.90 Å². The second-order valence-corrected chi connectivity index (χ2v) is 8.08. The number of rotatable bonds is 4. The molecule has 0 saturated carbocycles. The molecule has 33 heavy (non-hydrogen) atoms. The quantitative estimate of drug-likeness (QED) is 0.494. The SMILES string of the molecule is COc1cc(C2CC(=O)Nc3c2c(-c2ccccc2)nn3-c2nc(C)cc(C)n2)ccc1O. The van der Waals surface area contributed by atoms with Crippen molar-refractivity contribution in [1.82, 2.24) is 19.7 Å². The molecule has 1 aliphatic heterocycles. The summed E-state index contributed by atoms with van der Waals surface area (Å²) in [5.41, 5.74) is 5.00. The standard InChI is InChI=1S/C25H23N5O3/c1-14-11-15(2)27-25(26-14)30-24-22(23(29-30)16-7-5-4-6-8-16)18(13-21(32)28-24)17-9-10-19(31)20(12-17)33-3/h4-12,18,31H,13H2,1-3H3,(H,28,32). The predicted molar refractivity (Wildman–Crippen MR) is 124 cm³/mol. The van der Waals surface area contributed by atoms with E-state index in [1.165, 1.54) is 7.11 Å². The summed E-state index contributed by atoms with van der Waals surface area (Å²) in [5, 5.41) is 18.0. The minimum absolute atomic E-state index is 0.0457. The summed E-state index contributed by atoms with van der Waals surface area (Å²) in [4.78, 5) is 22.0. The van der Waals surface area contributed by atoms with Crippen LogP contribution in [-0.2, 0) is 4.79 Å². The summed E-state index contributed by atoms with van der Waals surface area (Å²) < 4.78 is 6.93. The first-order chi connectivity index (χ1) is 15.9. The van der Waals surface area contributed by atoms with Crippen LogP contribution in [0.4, 0.5) is 5.82 Å². The molecule has 8 heteroatoms. The van der Waals surface area contributed by atoms with Crippen LogP contribution in [0.15, 0.2) is 54.6 Å². The highest BCUT2D eigenvalue weighted by molar-refractivity contribution is 5.96. The van der Waals surface area contributed by atoms with Gasteiger partial charge in [0.05, 0.1) is 12.8 Å². The molecule has 5 rings (SSSR count). The fourth-order valence-corrected chi connectivity index (χ4v) is 4.30. The summed E-state index contributed by atoms with van der Waals surface area (Å²) in [6.45, 7) is 3.80. The summed E-state index contributed by atoms with van der Waals surface area (Å²) >= 11 is 0. The van der Waals surface area contributed by atoms with Gasteiger partial charge in [0.15, 0.2) is 11.5 Å². The van der Waals surface area contributed by atoms with Crippen molar-refractivity contribution in [1.29, 1.82) is 0 Å². The fraction of sp³-hybridized carbons (Fsp3) is 0.200. The molecular formula is C25H23N5O3. The Labute approximate surface area is 190 Å². The topological polar surface area (TPSA) is 102 Å². The molecule has 1 amide bonds. The molecule has 2 N–H and O–H groups in total. The number of aromatic nitrogens is 4. The van der Waals surface area contributed by atoms with Gasteiger partial charge in [-0.1, -0.05) is 36.4 Å². The average molecular weight is 441 g/mol. The van der Waals surface area contributed by atoms with Crippen LogP contribution in [0.3, 0.4) is 0 Å². The van der Waals surface area contributed by atoms with Gasteiger partial charge in [-0.15, -0.1) is 0 Å². The first-order valence-corrected chi connectivity index (χ1v) is 10.6. The van der Waals surface area contributed by atoms with Crippen LogP contribution < -0.4 is 10.1 Å². The average Bonchev–Trinajstić information content (AvgIpc) is 3.18. The highest BCUT2D eigenvalue weighted by Crippen LogP contribution is 2.45. The van der Waals surface area contributed by atoms with E-state index in [-0.39, 0.29) is 24.0 Å². The van der Waals surface area contributed by atoms with Gasteiger partial charge in [-0.05, 0) is 37.6 Å². The number of hydrogen-bond donors (Lipinski definition) is 2. The van der Waals surface area contributed by atoms with Gasteiger partial charge in [0.25, 0.3) is 5.95 Å². The highest BCUT2D eigenvalue weighted by atomic mass is 16.5. The van der Waals surface area contributed by atoms with Crippen molar-refractivity contribution < 1.29 is 14.6 Å². The Morgan fingerprint density at radius 1 is 1.06 bits per heavy atom. The lowest BCUT2D eigenvalue weighted by molar-refractivity contribution is -0.116. The Hall–Kier alpha value is -4.20. The zero-order valence-electron chi connectivity index (χ0n) is 18.5. The van der Waals surface area contributed by atoms with Crippen LogP contribution >= 0.6 is 0 Å². The van der Waals surface area contributed by atoms with E-state index in [1.54, 1.807) is 16.8 Å². The van der Waals surface area contributed by atoms with Crippen LogP contribution in [0, 0.1) is 13.8 Å². The minimum atomic E-state index is -0.293. The Balaban J connectivity index is 1.78. The number of carbonyl (C=O) groups is 1. The van der Waals surface area contributed by atoms with Gasteiger partial charge in [0.1, 0.15) is 5.82 Å². The monoisotopic (exact) mass is 441 g/mol. The number of phenolic OH excluding ortho intramolecular Hbond substituents is 1. The van der Waals surface area contributed by atoms with Crippen LogP contribution in [0.2, 0.25) is 0 Å². The van der Waals surface area contributed by atoms with Gasteiger partial charge in [-0.3, -0.25) is 4.79 Å². The molecule has 3 heterocycles. The van der Waals surface area contributed by atoms with Gasteiger partial charge in [-0.2, -0.15) is 9.78 Å². The number of phenols is 1. The molecule has 4 aromatic rings. The molecule has 0 spiro atoms. The number of benzene rings is 2. The van der Waals surface area contributed by atoms with Gasteiger partial charge in [0, 0.05) is 34.9 Å². The smallest absolute Gasteiger partial charge is 0.252 e. The second kappa shape index (κ2) is 8.05. The largest absolute Gasteiger partial charge is 0.504 e. The third-order valence-electron chi connectivity index (χ3n) is 5.73. The maximum atomic E-state index is 12.8. The fourth-order valence-electron chi connectivity index (χ4n) is 4.30. The number of aryl methyl sites for hydroxylation is 2. The maximum absolute atomic E-state index is 12.8. The molecule has 1 aliphatic rings. The van der Waals surface area contributed by atoms with E-state index in [0.717, 1.165) is 33.8 Å². The molecule has 0 bridgehead atoms. The van der Waals surface area contributed by atoms with Gasteiger partial charge < -0.3 is 15.2 Å². The molecule has 0 radical (unpaired) electrons. The number of hydrogen-bond acceptors (Lipinski definition) is 6. The van der Waals surface area contributed by atoms with Crippen LogP contribution in [-0.4, -0.2) is 37.9 Å². The Kier molecular flexibility index (Phi) is 5.05. The van der Waals surface area contributed by atoms with E-state index in [4.69, 9.17) is 9.84 Å². The molecule has 1 atom stereocenters. The van der Waals surface area contributed by atoms with E-state index in [1.807, 2.05) is 56.3 Å². The molecule has 0 aliphatic carbocycles. The summed E-state index contributed by atoms with van der Waals surface area (Å²) in [7, 11) is 1.50. The van der Waals surface area contributed by atoms with Crippen LogP contribution in [0.1, 0.15) is 34.9 Å². The van der Waals surface area contributed by atoms with Crippen molar-refractivity contribution in [2.45, 2.75) is 26.2 Å². The zero-order valence-corrected chi connectivity index (χ0v) is 18.5. The number of fused-ring (bicyclic) bond motifs is 1.